The summed E-state index contributed by atoms with van der Waals surface area (Å²) in [7, 11) is 0. The number of nitro groups is 1. The number of hydrogen-bond donors (Lipinski definition) is 0. The summed E-state index contributed by atoms with van der Waals surface area (Å²) in [6.45, 7) is 0. The SMILES string of the molecule is O=[N+]([O-])C1=CCC(Cl)C=C1c1cccc2c1sc1ccccc12. The van der Waals surface area contributed by atoms with Crippen molar-refractivity contribution >= 4 is 48.7 Å². The van der Waals surface area contributed by atoms with Gasteiger partial charge in [0, 0.05) is 25.7 Å². The maximum atomic E-state index is 11.4. The lowest BCUT2D eigenvalue weighted by Gasteiger charge is -2.13. The smallest absolute Gasteiger partial charge is 0.258 e. The Morgan fingerprint density at radius 2 is 1.91 bits per heavy atom. The highest BCUT2D eigenvalue weighted by Crippen LogP contribution is 2.41. The van der Waals surface area contributed by atoms with Crippen LogP contribution in [-0.4, -0.2) is 10.3 Å². The van der Waals surface area contributed by atoms with Gasteiger partial charge in [-0.05, 0) is 18.6 Å². The first-order chi connectivity index (χ1) is 11.1. The van der Waals surface area contributed by atoms with E-state index < -0.39 is 0 Å². The van der Waals surface area contributed by atoms with Crippen molar-refractivity contribution in [2.75, 3.05) is 0 Å². The molecule has 3 aromatic rings. The van der Waals surface area contributed by atoms with Gasteiger partial charge in [-0.15, -0.1) is 22.9 Å². The van der Waals surface area contributed by atoms with Gasteiger partial charge in [0.2, 0.25) is 0 Å². The molecule has 114 valence electrons. The van der Waals surface area contributed by atoms with Gasteiger partial charge in [-0.25, -0.2) is 0 Å². The highest BCUT2D eigenvalue weighted by Gasteiger charge is 2.26. The minimum Gasteiger partial charge on any atom is -0.258 e. The van der Waals surface area contributed by atoms with Crippen molar-refractivity contribution in [2.24, 2.45) is 0 Å². The largest absolute Gasteiger partial charge is 0.273 e. The van der Waals surface area contributed by atoms with Gasteiger partial charge < -0.3 is 0 Å². The van der Waals surface area contributed by atoms with Crippen LogP contribution < -0.4 is 0 Å². The Morgan fingerprint density at radius 1 is 1.13 bits per heavy atom. The lowest BCUT2D eigenvalue weighted by molar-refractivity contribution is -0.417. The molecule has 0 spiro atoms. The molecular weight excluding hydrogens is 330 g/mol. The number of thiophene rings is 1. The molecule has 1 aliphatic carbocycles. The van der Waals surface area contributed by atoms with Crippen LogP contribution in [0.15, 0.2) is 60.3 Å². The molecule has 0 N–H and O–H groups in total. The molecule has 4 rings (SSSR count). The normalized spacial score (nSPS) is 18.0. The van der Waals surface area contributed by atoms with E-state index in [1.807, 2.05) is 24.3 Å². The van der Waals surface area contributed by atoms with Gasteiger partial charge in [0.1, 0.15) is 0 Å². The van der Waals surface area contributed by atoms with Gasteiger partial charge in [-0.3, -0.25) is 10.1 Å². The van der Waals surface area contributed by atoms with E-state index in [0.717, 1.165) is 15.6 Å². The van der Waals surface area contributed by atoms with E-state index in [2.05, 4.69) is 18.2 Å². The quantitative estimate of drug-likeness (QED) is 0.345. The van der Waals surface area contributed by atoms with Gasteiger partial charge in [0.25, 0.3) is 5.70 Å². The van der Waals surface area contributed by atoms with Gasteiger partial charge in [0.05, 0.1) is 15.9 Å². The number of fused-ring (bicyclic) bond motifs is 3. The Morgan fingerprint density at radius 3 is 2.74 bits per heavy atom. The third-order valence-electron chi connectivity index (χ3n) is 4.05. The van der Waals surface area contributed by atoms with Crippen LogP contribution in [0.4, 0.5) is 0 Å². The Kier molecular flexibility index (Phi) is 3.43. The second-order valence-corrected chi connectivity index (χ2v) is 7.07. The molecule has 3 nitrogen and oxygen atoms in total. The average molecular weight is 342 g/mol. The van der Waals surface area contributed by atoms with Crippen molar-refractivity contribution in [1.82, 2.24) is 0 Å². The number of nitrogens with zero attached hydrogens (tertiary/aromatic N) is 1. The lowest BCUT2D eigenvalue weighted by Crippen LogP contribution is -2.09. The van der Waals surface area contributed by atoms with Crippen LogP contribution in [0.2, 0.25) is 0 Å². The average Bonchev–Trinajstić information content (AvgIpc) is 2.93. The standard InChI is InChI=1S/C18H12ClNO2S/c19-11-8-9-16(20(21)22)15(10-11)14-6-3-5-13-12-4-1-2-7-17(12)23-18(13)14/h1-7,9-11H,8H2. The summed E-state index contributed by atoms with van der Waals surface area (Å²) in [5.74, 6) is 0. The Labute approximate surface area is 141 Å². The summed E-state index contributed by atoms with van der Waals surface area (Å²) in [5.41, 5.74) is 1.65. The monoisotopic (exact) mass is 341 g/mol. The second kappa shape index (κ2) is 5.48. The fourth-order valence-corrected chi connectivity index (χ4v) is 4.47. The fourth-order valence-electron chi connectivity index (χ4n) is 3.03. The van der Waals surface area contributed by atoms with Crippen LogP contribution in [-0.2, 0) is 0 Å². The van der Waals surface area contributed by atoms with E-state index in [1.54, 1.807) is 23.5 Å². The highest BCUT2D eigenvalue weighted by molar-refractivity contribution is 7.26. The molecule has 0 amide bonds. The molecule has 5 heteroatoms. The van der Waals surface area contributed by atoms with E-state index >= 15 is 0 Å². The molecule has 0 fully saturated rings. The van der Waals surface area contributed by atoms with Gasteiger partial charge in [0.15, 0.2) is 0 Å². The Hall–Kier alpha value is -2.17. The summed E-state index contributed by atoms with van der Waals surface area (Å²) >= 11 is 7.88. The lowest BCUT2D eigenvalue weighted by atomic mass is 9.95. The summed E-state index contributed by atoms with van der Waals surface area (Å²) < 4.78 is 2.25. The summed E-state index contributed by atoms with van der Waals surface area (Å²) in [6.07, 6.45) is 3.92. The number of halogens is 1. The first-order valence-electron chi connectivity index (χ1n) is 7.26. The summed E-state index contributed by atoms with van der Waals surface area (Å²) in [4.78, 5) is 11.1. The molecule has 0 saturated heterocycles. The molecule has 1 heterocycles. The molecule has 1 aliphatic rings. The Balaban J connectivity index is 2.01. The predicted molar refractivity (Wildman–Crippen MR) is 96.6 cm³/mol. The van der Waals surface area contributed by atoms with Crippen molar-refractivity contribution in [3.8, 4) is 0 Å². The van der Waals surface area contributed by atoms with Gasteiger partial charge in [-0.2, -0.15) is 0 Å². The summed E-state index contributed by atoms with van der Waals surface area (Å²) in [5, 5.41) is 13.5. The topological polar surface area (TPSA) is 43.1 Å². The van der Waals surface area contributed by atoms with E-state index in [-0.39, 0.29) is 16.0 Å². The summed E-state index contributed by atoms with van der Waals surface area (Å²) in [6, 6.07) is 14.1. The third-order valence-corrected chi connectivity index (χ3v) is 5.58. The molecular formula is C18H12ClNO2S. The van der Waals surface area contributed by atoms with Crippen LogP contribution in [0.3, 0.4) is 0 Å². The molecule has 0 radical (unpaired) electrons. The maximum Gasteiger partial charge on any atom is 0.273 e. The Bertz CT molecular complexity index is 1000. The van der Waals surface area contributed by atoms with Crippen molar-refractivity contribution < 1.29 is 4.92 Å². The zero-order valence-corrected chi connectivity index (χ0v) is 13.6. The second-order valence-electron chi connectivity index (χ2n) is 5.46. The van der Waals surface area contributed by atoms with Crippen LogP contribution in [0, 0.1) is 10.1 Å². The first-order valence-corrected chi connectivity index (χ1v) is 8.52. The van der Waals surface area contributed by atoms with Crippen molar-refractivity contribution in [3.05, 3.63) is 76.0 Å². The van der Waals surface area contributed by atoms with Crippen LogP contribution in [0.1, 0.15) is 12.0 Å². The number of hydrogen-bond acceptors (Lipinski definition) is 3. The zero-order valence-electron chi connectivity index (χ0n) is 12.0. The van der Waals surface area contributed by atoms with E-state index in [1.165, 1.54) is 10.1 Å². The highest BCUT2D eigenvalue weighted by atomic mass is 35.5. The number of allylic oxidation sites excluding steroid dienone is 3. The van der Waals surface area contributed by atoms with Crippen molar-refractivity contribution in [2.45, 2.75) is 11.8 Å². The molecule has 23 heavy (non-hydrogen) atoms. The van der Waals surface area contributed by atoms with Crippen molar-refractivity contribution in [3.63, 3.8) is 0 Å². The molecule has 0 bridgehead atoms. The molecule has 0 saturated carbocycles. The fraction of sp³-hybridized carbons (Fsp3) is 0.111. The van der Waals surface area contributed by atoms with Crippen molar-refractivity contribution in [1.29, 1.82) is 0 Å². The molecule has 1 atom stereocenters. The predicted octanol–water partition coefficient (Wildman–Crippen LogP) is 5.61. The van der Waals surface area contributed by atoms with Crippen LogP contribution in [0.5, 0.6) is 0 Å². The molecule has 0 aliphatic heterocycles. The maximum absolute atomic E-state index is 11.4. The zero-order chi connectivity index (χ0) is 16.0. The number of rotatable bonds is 2. The third kappa shape index (κ3) is 2.35. The minimum absolute atomic E-state index is 0.145. The van der Waals surface area contributed by atoms with Crippen LogP contribution >= 0.6 is 22.9 Å². The van der Waals surface area contributed by atoms with E-state index in [9.17, 15) is 10.1 Å². The molecule has 1 aromatic heterocycles. The van der Waals surface area contributed by atoms with E-state index in [0.29, 0.717) is 12.0 Å². The van der Waals surface area contributed by atoms with Crippen LogP contribution in [0.25, 0.3) is 25.7 Å². The minimum atomic E-state index is -0.319. The number of benzene rings is 2. The molecule has 2 aromatic carbocycles. The van der Waals surface area contributed by atoms with E-state index in [4.69, 9.17) is 11.6 Å². The molecule has 1 unspecified atom stereocenters. The first kappa shape index (κ1) is 14.4. The van der Waals surface area contributed by atoms with Gasteiger partial charge in [-0.1, -0.05) is 42.5 Å². The van der Waals surface area contributed by atoms with Gasteiger partial charge >= 0.3 is 0 Å². The number of alkyl halides is 1.